The maximum absolute atomic E-state index is 12.6. The van der Waals surface area contributed by atoms with Crippen molar-refractivity contribution in [3.63, 3.8) is 0 Å². The molecule has 0 unspecified atom stereocenters. The Labute approximate surface area is 177 Å². The summed E-state index contributed by atoms with van der Waals surface area (Å²) >= 11 is 0. The molecule has 0 spiro atoms. The van der Waals surface area contributed by atoms with Crippen molar-refractivity contribution in [1.29, 1.82) is 5.26 Å². The second-order valence-corrected chi connectivity index (χ2v) is 7.35. The molecule has 0 radical (unpaired) electrons. The van der Waals surface area contributed by atoms with E-state index in [0.717, 1.165) is 32.4 Å². The fourth-order valence-electron chi connectivity index (χ4n) is 3.67. The lowest BCUT2D eigenvalue weighted by atomic mass is 9.90. The van der Waals surface area contributed by atoms with Crippen LogP contribution in [0, 0.1) is 17.2 Å². The van der Waals surface area contributed by atoms with Crippen LogP contribution in [0.15, 0.2) is 60.3 Å². The highest BCUT2D eigenvalue weighted by Crippen LogP contribution is 2.30. The minimum absolute atomic E-state index is 0.0892. The third-order valence-electron chi connectivity index (χ3n) is 5.33. The van der Waals surface area contributed by atoms with Crippen LogP contribution in [-0.2, 0) is 11.2 Å². The van der Waals surface area contributed by atoms with Crippen LogP contribution in [0.3, 0.4) is 0 Å². The van der Waals surface area contributed by atoms with E-state index in [1.165, 1.54) is 12.7 Å². The van der Waals surface area contributed by atoms with E-state index in [9.17, 15) is 10.1 Å². The van der Waals surface area contributed by atoms with E-state index in [1.807, 2.05) is 12.1 Å². The Kier molecular flexibility index (Phi) is 7.34. The SMILES string of the molecule is COc1ccc(NC(=O)/C(C#N)=C\N2CCC(Cc3ccccc3)CC2)cc1OC. The lowest BCUT2D eigenvalue weighted by Crippen LogP contribution is -2.31. The number of amides is 1. The van der Waals surface area contributed by atoms with Gasteiger partial charge in [0.1, 0.15) is 11.6 Å². The van der Waals surface area contributed by atoms with Gasteiger partial charge in [0.2, 0.25) is 0 Å². The fourth-order valence-corrected chi connectivity index (χ4v) is 3.67. The summed E-state index contributed by atoms with van der Waals surface area (Å²) in [5.74, 6) is 1.28. The Morgan fingerprint density at radius 2 is 1.83 bits per heavy atom. The Balaban J connectivity index is 1.58. The highest BCUT2D eigenvalue weighted by atomic mass is 16.5. The number of hydrogen-bond donors (Lipinski definition) is 1. The standard InChI is InChI=1S/C24H27N3O3/c1-29-22-9-8-21(15-23(22)30-2)26-24(28)20(16-25)17-27-12-10-19(11-13-27)14-18-6-4-3-5-7-18/h3-9,15,17,19H,10-14H2,1-2H3,(H,26,28)/b20-17-. The number of nitrogens with zero attached hydrogens (tertiary/aromatic N) is 2. The van der Waals surface area contributed by atoms with Crippen LogP contribution >= 0.6 is 0 Å². The number of hydrogen-bond acceptors (Lipinski definition) is 5. The molecular formula is C24H27N3O3. The molecule has 1 aliphatic rings. The van der Waals surface area contributed by atoms with Crippen molar-refractivity contribution in [3.05, 3.63) is 65.9 Å². The number of carbonyl (C=O) groups is 1. The topological polar surface area (TPSA) is 74.6 Å². The summed E-state index contributed by atoms with van der Waals surface area (Å²) in [6, 6.07) is 17.6. The second-order valence-electron chi connectivity index (χ2n) is 7.35. The van der Waals surface area contributed by atoms with Gasteiger partial charge in [-0.05, 0) is 42.9 Å². The van der Waals surface area contributed by atoms with Gasteiger partial charge in [0.15, 0.2) is 11.5 Å². The molecule has 1 N–H and O–H groups in total. The van der Waals surface area contributed by atoms with Crippen molar-refractivity contribution >= 4 is 11.6 Å². The van der Waals surface area contributed by atoms with Crippen LogP contribution in [0.25, 0.3) is 0 Å². The van der Waals surface area contributed by atoms with Crippen LogP contribution < -0.4 is 14.8 Å². The van der Waals surface area contributed by atoms with Gasteiger partial charge in [0.25, 0.3) is 5.91 Å². The number of piperidine rings is 1. The Morgan fingerprint density at radius 3 is 2.47 bits per heavy atom. The molecule has 1 heterocycles. The quantitative estimate of drug-likeness (QED) is 0.557. The molecule has 0 aliphatic carbocycles. The molecule has 6 heteroatoms. The van der Waals surface area contributed by atoms with Crippen molar-refractivity contribution in [1.82, 2.24) is 4.90 Å². The number of ether oxygens (including phenoxy) is 2. The third-order valence-corrected chi connectivity index (χ3v) is 5.33. The first-order valence-electron chi connectivity index (χ1n) is 10.1. The predicted molar refractivity (Wildman–Crippen MR) is 116 cm³/mol. The minimum Gasteiger partial charge on any atom is -0.493 e. The van der Waals surface area contributed by atoms with Crippen molar-refractivity contribution in [3.8, 4) is 17.6 Å². The van der Waals surface area contributed by atoms with E-state index in [2.05, 4.69) is 34.5 Å². The third kappa shape index (κ3) is 5.54. The highest BCUT2D eigenvalue weighted by molar-refractivity contribution is 6.06. The summed E-state index contributed by atoms with van der Waals surface area (Å²) in [5.41, 5.74) is 1.99. The second kappa shape index (κ2) is 10.4. The number of benzene rings is 2. The number of methoxy groups -OCH3 is 2. The summed E-state index contributed by atoms with van der Waals surface area (Å²) in [5, 5.41) is 12.2. The van der Waals surface area contributed by atoms with Gasteiger partial charge in [-0.1, -0.05) is 30.3 Å². The maximum Gasteiger partial charge on any atom is 0.267 e. The summed E-state index contributed by atoms with van der Waals surface area (Å²) in [7, 11) is 3.08. The van der Waals surface area contributed by atoms with Gasteiger partial charge in [-0.2, -0.15) is 5.26 Å². The van der Waals surface area contributed by atoms with E-state index in [-0.39, 0.29) is 5.57 Å². The summed E-state index contributed by atoms with van der Waals surface area (Å²) in [6.45, 7) is 1.68. The number of nitrogens with one attached hydrogen (secondary N) is 1. The van der Waals surface area contributed by atoms with Gasteiger partial charge in [-0.15, -0.1) is 0 Å². The lowest BCUT2D eigenvalue weighted by molar-refractivity contribution is -0.112. The van der Waals surface area contributed by atoms with Crippen LogP contribution in [0.5, 0.6) is 11.5 Å². The number of carbonyl (C=O) groups excluding carboxylic acids is 1. The molecule has 0 bridgehead atoms. The fraction of sp³-hybridized carbons (Fsp3) is 0.333. The average molecular weight is 405 g/mol. The monoisotopic (exact) mass is 405 g/mol. The van der Waals surface area contributed by atoms with Crippen molar-refractivity contribution < 1.29 is 14.3 Å². The normalized spacial score (nSPS) is 14.7. The summed E-state index contributed by atoms with van der Waals surface area (Å²) in [6.07, 6.45) is 4.83. The molecule has 0 atom stereocenters. The van der Waals surface area contributed by atoms with Crippen molar-refractivity contribution in [2.75, 3.05) is 32.6 Å². The predicted octanol–water partition coefficient (Wildman–Crippen LogP) is 4.00. The Morgan fingerprint density at radius 1 is 1.13 bits per heavy atom. The molecule has 2 aromatic rings. The Hall–Kier alpha value is -3.46. The first kappa shape index (κ1) is 21.3. The van der Waals surface area contributed by atoms with Gasteiger partial charge in [-0.25, -0.2) is 0 Å². The number of nitriles is 1. The molecule has 0 saturated carbocycles. The van der Waals surface area contributed by atoms with Gasteiger partial charge in [0.05, 0.1) is 14.2 Å². The van der Waals surface area contributed by atoms with E-state index >= 15 is 0 Å². The average Bonchev–Trinajstić information content (AvgIpc) is 2.79. The van der Waals surface area contributed by atoms with Gasteiger partial charge in [0, 0.05) is 31.0 Å². The number of anilines is 1. The molecule has 1 saturated heterocycles. The molecule has 1 fully saturated rings. The molecule has 2 aromatic carbocycles. The van der Waals surface area contributed by atoms with Crippen LogP contribution in [0.2, 0.25) is 0 Å². The molecular weight excluding hydrogens is 378 g/mol. The van der Waals surface area contributed by atoms with Crippen molar-refractivity contribution in [2.45, 2.75) is 19.3 Å². The van der Waals surface area contributed by atoms with E-state index in [1.54, 1.807) is 31.5 Å². The van der Waals surface area contributed by atoms with Gasteiger partial charge in [-0.3, -0.25) is 4.79 Å². The van der Waals surface area contributed by atoms with Gasteiger partial charge < -0.3 is 19.7 Å². The molecule has 156 valence electrons. The van der Waals surface area contributed by atoms with Crippen LogP contribution in [0.4, 0.5) is 5.69 Å². The van der Waals surface area contributed by atoms with Crippen LogP contribution in [-0.4, -0.2) is 38.1 Å². The number of likely N-dealkylation sites (tertiary alicyclic amines) is 1. The molecule has 1 aliphatic heterocycles. The van der Waals surface area contributed by atoms with Crippen LogP contribution in [0.1, 0.15) is 18.4 Å². The summed E-state index contributed by atoms with van der Waals surface area (Å²) < 4.78 is 10.5. The zero-order chi connectivity index (χ0) is 21.3. The molecule has 6 nitrogen and oxygen atoms in total. The zero-order valence-corrected chi connectivity index (χ0v) is 17.4. The lowest BCUT2D eigenvalue weighted by Gasteiger charge is -2.31. The zero-order valence-electron chi connectivity index (χ0n) is 17.4. The first-order chi connectivity index (χ1) is 14.6. The first-order valence-corrected chi connectivity index (χ1v) is 10.1. The number of rotatable bonds is 7. The summed E-state index contributed by atoms with van der Waals surface area (Å²) in [4.78, 5) is 14.6. The van der Waals surface area contributed by atoms with E-state index < -0.39 is 5.91 Å². The minimum atomic E-state index is -0.434. The molecule has 0 aromatic heterocycles. The van der Waals surface area contributed by atoms with Crippen molar-refractivity contribution in [2.24, 2.45) is 5.92 Å². The van der Waals surface area contributed by atoms with E-state index in [0.29, 0.717) is 23.1 Å². The Bertz CT molecular complexity index is 926. The highest BCUT2D eigenvalue weighted by Gasteiger charge is 2.20. The molecule has 1 amide bonds. The smallest absolute Gasteiger partial charge is 0.267 e. The van der Waals surface area contributed by atoms with Gasteiger partial charge >= 0.3 is 0 Å². The molecule has 30 heavy (non-hydrogen) atoms. The van der Waals surface area contributed by atoms with E-state index in [4.69, 9.17) is 9.47 Å². The maximum atomic E-state index is 12.6. The largest absolute Gasteiger partial charge is 0.493 e. The molecule has 3 rings (SSSR count).